The predicted molar refractivity (Wildman–Crippen MR) is 75.8 cm³/mol. The average molecular weight is 297 g/mol. The Morgan fingerprint density at radius 1 is 1.55 bits per heavy atom. The Bertz CT molecular complexity index is 440. The lowest BCUT2D eigenvalue weighted by Gasteiger charge is -2.24. The van der Waals surface area contributed by atoms with Crippen molar-refractivity contribution in [1.29, 1.82) is 0 Å². The van der Waals surface area contributed by atoms with Crippen molar-refractivity contribution in [3.63, 3.8) is 0 Å². The summed E-state index contributed by atoms with van der Waals surface area (Å²) in [6, 6.07) is 1.80. The number of rotatable bonds is 6. The van der Waals surface area contributed by atoms with Crippen molar-refractivity contribution in [2.75, 3.05) is 26.8 Å². The van der Waals surface area contributed by atoms with Crippen LogP contribution < -0.4 is 0 Å². The maximum Gasteiger partial charge on any atom is 0.307 e. The van der Waals surface area contributed by atoms with E-state index in [0.717, 1.165) is 19.4 Å². The third-order valence-corrected chi connectivity index (χ3v) is 4.00. The molecule has 1 aliphatic rings. The fraction of sp³-hybridized carbons (Fsp3) is 0.571. The third kappa shape index (κ3) is 4.05. The summed E-state index contributed by atoms with van der Waals surface area (Å²) in [6.07, 6.45) is 2.28. The summed E-state index contributed by atoms with van der Waals surface area (Å²) in [5.41, 5.74) is 0.665. The minimum absolute atomic E-state index is 0.0503. The summed E-state index contributed by atoms with van der Waals surface area (Å²) in [5.74, 6) is -0.355. The van der Waals surface area contributed by atoms with E-state index in [-0.39, 0.29) is 24.4 Å². The second kappa shape index (κ2) is 7.40. The molecule has 1 aliphatic heterocycles. The molecular formula is C14H19NO4S. The van der Waals surface area contributed by atoms with Gasteiger partial charge in [0.1, 0.15) is 0 Å². The number of esters is 1. The highest BCUT2D eigenvalue weighted by atomic mass is 32.1. The van der Waals surface area contributed by atoms with Crippen LogP contribution in [0.15, 0.2) is 16.8 Å². The molecule has 2 heterocycles. The molecule has 1 saturated heterocycles. The Labute approximate surface area is 122 Å². The van der Waals surface area contributed by atoms with E-state index in [2.05, 4.69) is 4.74 Å². The number of thiophene rings is 1. The minimum atomic E-state index is -0.305. The number of ether oxygens (including phenoxy) is 2. The van der Waals surface area contributed by atoms with Crippen LogP contribution in [0.3, 0.4) is 0 Å². The van der Waals surface area contributed by atoms with Gasteiger partial charge < -0.3 is 14.4 Å². The molecule has 0 saturated carbocycles. The maximum atomic E-state index is 12.4. The van der Waals surface area contributed by atoms with Crippen LogP contribution in [-0.2, 0) is 14.3 Å². The molecular weight excluding hydrogens is 278 g/mol. The van der Waals surface area contributed by atoms with Crippen molar-refractivity contribution in [3.8, 4) is 0 Å². The van der Waals surface area contributed by atoms with Gasteiger partial charge in [-0.3, -0.25) is 9.59 Å². The van der Waals surface area contributed by atoms with E-state index in [1.807, 2.05) is 10.8 Å². The largest absolute Gasteiger partial charge is 0.469 e. The van der Waals surface area contributed by atoms with Gasteiger partial charge in [0.25, 0.3) is 5.91 Å². The van der Waals surface area contributed by atoms with Crippen molar-refractivity contribution < 1.29 is 19.1 Å². The van der Waals surface area contributed by atoms with Gasteiger partial charge in [-0.05, 0) is 24.3 Å². The number of hydrogen-bond donors (Lipinski definition) is 0. The second-order valence-corrected chi connectivity index (χ2v) is 5.50. The van der Waals surface area contributed by atoms with Crippen molar-refractivity contribution in [2.45, 2.75) is 25.4 Å². The van der Waals surface area contributed by atoms with Gasteiger partial charge in [0.05, 0.1) is 25.2 Å². The third-order valence-electron chi connectivity index (χ3n) is 3.32. The molecule has 1 aromatic rings. The van der Waals surface area contributed by atoms with Gasteiger partial charge in [0.15, 0.2) is 0 Å². The summed E-state index contributed by atoms with van der Waals surface area (Å²) in [5, 5.41) is 3.70. The molecule has 0 aromatic carbocycles. The summed E-state index contributed by atoms with van der Waals surface area (Å²) >= 11 is 1.49. The van der Waals surface area contributed by atoms with Gasteiger partial charge in [0.2, 0.25) is 0 Å². The van der Waals surface area contributed by atoms with Crippen LogP contribution >= 0.6 is 11.3 Å². The molecule has 20 heavy (non-hydrogen) atoms. The second-order valence-electron chi connectivity index (χ2n) is 4.72. The van der Waals surface area contributed by atoms with Crippen molar-refractivity contribution in [2.24, 2.45) is 0 Å². The number of methoxy groups -OCH3 is 1. The molecule has 2 rings (SSSR count). The van der Waals surface area contributed by atoms with Crippen LogP contribution in [0.4, 0.5) is 0 Å². The zero-order chi connectivity index (χ0) is 14.4. The van der Waals surface area contributed by atoms with Crippen molar-refractivity contribution in [1.82, 2.24) is 4.90 Å². The Hall–Kier alpha value is -1.40. The zero-order valence-electron chi connectivity index (χ0n) is 11.5. The standard InChI is InChI=1S/C14H19NO4S/c1-18-13(16)4-6-15(9-12-3-2-7-19-12)14(17)11-5-8-20-10-11/h5,8,10,12H,2-4,6-7,9H2,1H3. The fourth-order valence-electron chi connectivity index (χ4n) is 2.21. The highest BCUT2D eigenvalue weighted by Crippen LogP contribution is 2.16. The van der Waals surface area contributed by atoms with Gasteiger partial charge in [0, 0.05) is 25.1 Å². The fourth-order valence-corrected chi connectivity index (χ4v) is 2.84. The molecule has 1 atom stereocenters. The molecule has 1 amide bonds. The van der Waals surface area contributed by atoms with E-state index in [9.17, 15) is 9.59 Å². The quantitative estimate of drug-likeness (QED) is 0.753. The van der Waals surface area contributed by atoms with Crippen LogP contribution in [0.2, 0.25) is 0 Å². The van der Waals surface area contributed by atoms with Crippen LogP contribution in [0.5, 0.6) is 0 Å². The number of carbonyl (C=O) groups is 2. The number of carbonyl (C=O) groups excluding carboxylic acids is 2. The summed E-state index contributed by atoms with van der Waals surface area (Å²) in [6.45, 7) is 1.65. The average Bonchev–Trinajstić information content (AvgIpc) is 3.14. The Morgan fingerprint density at radius 3 is 3.00 bits per heavy atom. The molecule has 110 valence electrons. The van der Waals surface area contributed by atoms with Crippen LogP contribution in [0.25, 0.3) is 0 Å². The van der Waals surface area contributed by atoms with E-state index >= 15 is 0 Å². The van der Waals surface area contributed by atoms with Gasteiger partial charge in [-0.25, -0.2) is 0 Å². The highest BCUT2D eigenvalue weighted by molar-refractivity contribution is 7.08. The maximum absolute atomic E-state index is 12.4. The number of nitrogens with zero attached hydrogens (tertiary/aromatic N) is 1. The molecule has 1 aromatic heterocycles. The minimum Gasteiger partial charge on any atom is -0.469 e. The first-order chi connectivity index (χ1) is 9.70. The van der Waals surface area contributed by atoms with Gasteiger partial charge in [-0.2, -0.15) is 11.3 Å². The van der Waals surface area contributed by atoms with Crippen LogP contribution in [-0.4, -0.2) is 49.7 Å². The van der Waals surface area contributed by atoms with E-state index in [0.29, 0.717) is 18.7 Å². The highest BCUT2D eigenvalue weighted by Gasteiger charge is 2.24. The number of amides is 1. The molecule has 0 bridgehead atoms. The molecule has 6 heteroatoms. The smallest absolute Gasteiger partial charge is 0.307 e. The summed E-state index contributed by atoms with van der Waals surface area (Å²) in [4.78, 5) is 25.4. The molecule has 0 spiro atoms. The molecule has 0 aliphatic carbocycles. The summed E-state index contributed by atoms with van der Waals surface area (Å²) < 4.78 is 10.2. The van der Waals surface area contributed by atoms with E-state index < -0.39 is 0 Å². The lowest BCUT2D eigenvalue weighted by atomic mass is 10.2. The van der Waals surface area contributed by atoms with Gasteiger partial charge in [-0.15, -0.1) is 0 Å². The van der Waals surface area contributed by atoms with E-state index in [1.54, 1.807) is 11.0 Å². The SMILES string of the molecule is COC(=O)CCN(CC1CCCO1)C(=O)c1ccsc1. The number of hydrogen-bond acceptors (Lipinski definition) is 5. The van der Waals surface area contributed by atoms with Gasteiger partial charge in [-0.1, -0.05) is 0 Å². The molecule has 1 fully saturated rings. The lowest BCUT2D eigenvalue weighted by Crippen LogP contribution is -2.38. The van der Waals surface area contributed by atoms with Crippen LogP contribution in [0.1, 0.15) is 29.6 Å². The molecule has 0 N–H and O–H groups in total. The normalized spacial score (nSPS) is 17.9. The van der Waals surface area contributed by atoms with Crippen LogP contribution in [0, 0.1) is 0 Å². The zero-order valence-corrected chi connectivity index (χ0v) is 12.4. The van der Waals surface area contributed by atoms with E-state index in [4.69, 9.17) is 4.74 Å². The monoisotopic (exact) mass is 297 g/mol. The molecule has 0 radical (unpaired) electrons. The van der Waals surface area contributed by atoms with Crippen molar-refractivity contribution in [3.05, 3.63) is 22.4 Å². The molecule has 1 unspecified atom stereocenters. The first kappa shape index (κ1) is 15.0. The Balaban J connectivity index is 1.98. The lowest BCUT2D eigenvalue weighted by molar-refractivity contribution is -0.140. The van der Waals surface area contributed by atoms with Crippen molar-refractivity contribution >= 4 is 23.2 Å². The predicted octanol–water partition coefficient (Wildman–Crippen LogP) is 1.93. The topological polar surface area (TPSA) is 55.8 Å². The first-order valence-corrected chi connectivity index (χ1v) is 7.65. The van der Waals surface area contributed by atoms with Gasteiger partial charge >= 0.3 is 5.97 Å². The summed E-state index contributed by atoms with van der Waals surface area (Å²) in [7, 11) is 1.35. The first-order valence-electron chi connectivity index (χ1n) is 6.70. The Morgan fingerprint density at radius 2 is 2.40 bits per heavy atom. The Kier molecular flexibility index (Phi) is 5.55. The van der Waals surface area contributed by atoms with E-state index in [1.165, 1.54) is 18.4 Å². The molecule has 5 nitrogen and oxygen atoms in total.